The van der Waals surface area contributed by atoms with Crippen LogP contribution in [-0.4, -0.2) is 33.0 Å². The Hall–Kier alpha value is -3.26. The van der Waals surface area contributed by atoms with Crippen molar-refractivity contribution in [1.29, 1.82) is 0 Å². The highest BCUT2D eigenvalue weighted by Gasteiger charge is 2.23. The highest BCUT2D eigenvalue weighted by molar-refractivity contribution is 6.31. The average Bonchev–Trinajstić information content (AvgIpc) is 3.07. The van der Waals surface area contributed by atoms with Gasteiger partial charge in [0, 0.05) is 5.69 Å². The van der Waals surface area contributed by atoms with Crippen LogP contribution in [0.4, 0.5) is 10.1 Å². The molecule has 144 valence electrons. The molecule has 0 aliphatic carbocycles. The van der Waals surface area contributed by atoms with E-state index in [1.165, 1.54) is 23.9 Å². The Morgan fingerprint density at radius 1 is 1.18 bits per heavy atom. The molecule has 1 amide bonds. The quantitative estimate of drug-likeness (QED) is 0.659. The van der Waals surface area contributed by atoms with Crippen molar-refractivity contribution in [3.8, 4) is 5.69 Å². The van der Waals surface area contributed by atoms with E-state index in [0.29, 0.717) is 11.4 Å². The number of carbonyl (C=O) groups excluding carboxylic acids is 2. The molecular formula is C19H16ClFN4O3. The first-order chi connectivity index (χ1) is 13.3. The summed E-state index contributed by atoms with van der Waals surface area (Å²) in [5, 5.41) is 10.7. The molecule has 0 unspecified atom stereocenters. The molecule has 2 aromatic carbocycles. The standard InChI is InChI=1S/C19H16ClFN4O3/c1-11-17(24-25(23-11)14-6-4-3-5-7-14)19(27)28-12(2)18(26)22-13-8-9-16(21)15(20)10-13/h3-10,12H,1-2H3,(H,22,26)/t12-/m1/s1. The van der Waals surface area contributed by atoms with Gasteiger partial charge in [-0.05, 0) is 44.2 Å². The third-order valence-corrected chi connectivity index (χ3v) is 4.09. The summed E-state index contributed by atoms with van der Waals surface area (Å²) in [5.74, 6) is -1.97. The minimum atomic E-state index is -1.11. The maximum Gasteiger partial charge on any atom is 0.361 e. The van der Waals surface area contributed by atoms with Crippen LogP contribution in [0, 0.1) is 12.7 Å². The first-order valence-corrected chi connectivity index (χ1v) is 8.69. The summed E-state index contributed by atoms with van der Waals surface area (Å²) >= 11 is 5.68. The van der Waals surface area contributed by atoms with Crippen LogP contribution in [0.25, 0.3) is 5.69 Å². The Kier molecular flexibility index (Phi) is 5.70. The number of rotatable bonds is 5. The van der Waals surface area contributed by atoms with Crippen LogP contribution in [0.15, 0.2) is 48.5 Å². The van der Waals surface area contributed by atoms with E-state index in [1.54, 1.807) is 19.1 Å². The summed E-state index contributed by atoms with van der Waals surface area (Å²) in [6.45, 7) is 3.03. The fourth-order valence-corrected chi connectivity index (χ4v) is 2.51. The van der Waals surface area contributed by atoms with Crippen molar-refractivity contribution in [2.75, 3.05) is 5.32 Å². The highest BCUT2D eigenvalue weighted by Crippen LogP contribution is 2.19. The van der Waals surface area contributed by atoms with Crippen LogP contribution in [0.3, 0.4) is 0 Å². The summed E-state index contributed by atoms with van der Waals surface area (Å²) in [5.41, 5.74) is 1.34. The summed E-state index contributed by atoms with van der Waals surface area (Å²) < 4.78 is 18.4. The van der Waals surface area contributed by atoms with Gasteiger partial charge in [-0.15, -0.1) is 5.10 Å². The molecule has 0 saturated heterocycles. The number of hydrogen-bond acceptors (Lipinski definition) is 5. The van der Waals surface area contributed by atoms with Gasteiger partial charge in [0.1, 0.15) is 5.82 Å². The zero-order chi connectivity index (χ0) is 20.3. The number of hydrogen-bond donors (Lipinski definition) is 1. The average molecular weight is 403 g/mol. The highest BCUT2D eigenvalue weighted by atomic mass is 35.5. The lowest BCUT2D eigenvalue weighted by molar-refractivity contribution is -0.123. The number of ether oxygens (including phenoxy) is 1. The fraction of sp³-hybridized carbons (Fsp3) is 0.158. The van der Waals surface area contributed by atoms with E-state index in [2.05, 4.69) is 15.5 Å². The molecule has 0 spiro atoms. The molecule has 0 fully saturated rings. The second-order valence-corrected chi connectivity index (χ2v) is 6.33. The first-order valence-electron chi connectivity index (χ1n) is 8.31. The van der Waals surface area contributed by atoms with Crippen LogP contribution in [0.2, 0.25) is 5.02 Å². The molecule has 9 heteroatoms. The molecule has 1 heterocycles. The molecule has 0 aliphatic heterocycles. The minimum absolute atomic E-state index is 0.00771. The number of amides is 1. The first kappa shape index (κ1) is 19.5. The van der Waals surface area contributed by atoms with Gasteiger partial charge in [-0.25, -0.2) is 9.18 Å². The number of aromatic nitrogens is 3. The third kappa shape index (κ3) is 4.34. The summed E-state index contributed by atoms with van der Waals surface area (Å²) in [4.78, 5) is 25.9. The summed E-state index contributed by atoms with van der Waals surface area (Å²) in [7, 11) is 0. The predicted molar refractivity (Wildman–Crippen MR) is 101 cm³/mol. The van der Waals surface area contributed by atoms with Gasteiger partial charge >= 0.3 is 5.97 Å². The number of carbonyl (C=O) groups is 2. The predicted octanol–water partition coefficient (Wildman–Crippen LogP) is 3.55. The van der Waals surface area contributed by atoms with Crippen LogP contribution in [-0.2, 0) is 9.53 Å². The lowest BCUT2D eigenvalue weighted by atomic mass is 10.3. The van der Waals surface area contributed by atoms with E-state index in [0.717, 1.165) is 6.07 Å². The van der Waals surface area contributed by atoms with E-state index in [4.69, 9.17) is 16.3 Å². The number of para-hydroxylation sites is 1. The van der Waals surface area contributed by atoms with Crippen molar-refractivity contribution in [3.05, 3.63) is 70.8 Å². The van der Waals surface area contributed by atoms with Crippen LogP contribution in [0.1, 0.15) is 23.1 Å². The van der Waals surface area contributed by atoms with E-state index < -0.39 is 23.8 Å². The topological polar surface area (TPSA) is 86.1 Å². The van der Waals surface area contributed by atoms with Gasteiger partial charge in [0.2, 0.25) is 0 Å². The van der Waals surface area contributed by atoms with Crippen molar-refractivity contribution in [3.63, 3.8) is 0 Å². The van der Waals surface area contributed by atoms with Crippen molar-refractivity contribution in [1.82, 2.24) is 15.0 Å². The van der Waals surface area contributed by atoms with E-state index >= 15 is 0 Å². The number of anilines is 1. The molecule has 28 heavy (non-hydrogen) atoms. The number of aryl methyl sites for hydroxylation is 1. The molecule has 3 aromatic rings. The lowest BCUT2D eigenvalue weighted by Gasteiger charge is -2.13. The largest absolute Gasteiger partial charge is 0.448 e. The van der Waals surface area contributed by atoms with Crippen LogP contribution >= 0.6 is 11.6 Å². The molecule has 1 N–H and O–H groups in total. The Labute approximate surface area is 165 Å². The number of nitrogens with one attached hydrogen (secondary N) is 1. The fourth-order valence-electron chi connectivity index (χ4n) is 2.33. The smallest absolute Gasteiger partial charge is 0.361 e. The van der Waals surface area contributed by atoms with Gasteiger partial charge in [-0.1, -0.05) is 29.8 Å². The Morgan fingerprint density at radius 2 is 1.89 bits per heavy atom. The summed E-state index contributed by atoms with van der Waals surface area (Å²) in [6.07, 6.45) is -1.11. The van der Waals surface area contributed by atoms with E-state index in [-0.39, 0.29) is 16.4 Å². The van der Waals surface area contributed by atoms with Crippen LogP contribution in [0.5, 0.6) is 0 Å². The molecule has 0 saturated carbocycles. The Morgan fingerprint density at radius 3 is 2.57 bits per heavy atom. The molecule has 0 aliphatic rings. The van der Waals surface area contributed by atoms with Gasteiger partial charge in [-0.2, -0.15) is 9.90 Å². The number of esters is 1. The second kappa shape index (κ2) is 8.18. The molecule has 0 radical (unpaired) electrons. The van der Waals surface area contributed by atoms with Crippen molar-refractivity contribution in [2.45, 2.75) is 20.0 Å². The number of halogens is 2. The zero-order valence-electron chi connectivity index (χ0n) is 15.0. The third-order valence-electron chi connectivity index (χ3n) is 3.80. The van der Waals surface area contributed by atoms with Crippen molar-refractivity contribution in [2.24, 2.45) is 0 Å². The van der Waals surface area contributed by atoms with E-state index in [1.807, 2.05) is 18.2 Å². The second-order valence-electron chi connectivity index (χ2n) is 5.92. The van der Waals surface area contributed by atoms with E-state index in [9.17, 15) is 14.0 Å². The van der Waals surface area contributed by atoms with Crippen molar-refractivity contribution < 1.29 is 18.7 Å². The SMILES string of the molecule is Cc1nn(-c2ccccc2)nc1C(=O)O[C@H](C)C(=O)Nc1ccc(F)c(Cl)c1. The normalized spacial score (nSPS) is 11.7. The Balaban J connectivity index is 1.67. The van der Waals surface area contributed by atoms with Gasteiger partial charge in [0.25, 0.3) is 5.91 Å². The van der Waals surface area contributed by atoms with Gasteiger partial charge in [0.05, 0.1) is 16.4 Å². The zero-order valence-corrected chi connectivity index (χ0v) is 15.8. The summed E-state index contributed by atoms with van der Waals surface area (Å²) in [6, 6.07) is 12.8. The molecule has 1 aromatic heterocycles. The Bertz CT molecular complexity index is 1020. The lowest BCUT2D eigenvalue weighted by Crippen LogP contribution is -2.30. The molecular weight excluding hydrogens is 387 g/mol. The van der Waals surface area contributed by atoms with Gasteiger partial charge < -0.3 is 10.1 Å². The minimum Gasteiger partial charge on any atom is -0.448 e. The number of benzene rings is 2. The van der Waals surface area contributed by atoms with Crippen LogP contribution < -0.4 is 5.32 Å². The number of nitrogens with zero attached hydrogens (tertiary/aromatic N) is 3. The monoisotopic (exact) mass is 402 g/mol. The van der Waals surface area contributed by atoms with Gasteiger partial charge in [0.15, 0.2) is 11.8 Å². The molecule has 1 atom stereocenters. The molecule has 0 bridgehead atoms. The molecule has 3 rings (SSSR count). The maximum atomic E-state index is 13.2. The van der Waals surface area contributed by atoms with Crippen molar-refractivity contribution >= 4 is 29.2 Å². The maximum absolute atomic E-state index is 13.2. The molecule has 7 nitrogen and oxygen atoms in total. The van der Waals surface area contributed by atoms with Gasteiger partial charge in [-0.3, -0.25) is 4.79 Å².